The molecule has 0 bridgehead atoms. The topological polar surface area (TPSA) is 118 Å². The van der Waals surface area contributed by atoms with Crippen molar-refractivity contribution in [2.75, 3.05) is 26.2 Å². The van der Waals surface area contributed by atoms with Gasteiger partial charge in [0.1, 0.15) is 0 Å². The van der Waals surface area contributed by atoms with Crippen molar-refractivity contribution in [3.8, 4) is 0 Å². The molecule has 0 heterocycles. The minimum absolute atomic E-state index is 0.119. The molecular formula is C14H24N2O6. The minimum atomic E-state index is -1.08. The van der Waals surface area contributed by atoms with Crippen molar-refractivity contribution >= 4 is 17.9 Å². The van der Waals surface area contributed by atoms with Crippen molar-refractivity contribution in [1.82, 2.24) is 9.80 Å². The maximum atomic E-state index is 11.0. The van der Waals surface area contributed by atoms with E-state index in [1.165, 1.54) is 4.90 Å². The Bertz CT molecular complexity index is 398. The molecule has 22 heavy (non-hydrogen) atoms. The zero-order valence-corrected chi connectivity index (χ0v) is 12.8. The standard InChI is InChI=1S/C14H24N2O6/c1-2-15(7-12(17)18)10-5-3-4-6-11(10)16(8-13(19)20)9-14(21)22/h10-11H,2-9H2,1H3,(H,17,18)(H,19,20)(H,21,22). The molecule has 2 unspecified atom stereocenters. The first-order chi connectivity index (χ1) is 10.3. The number of rotatable bonds is 9. The molecule has 1 rings (SSSR count). The zero-order valence-electron chi connectivity index (χ0n) is 12.8. The molecule has 2 atom stereocenters. The third-order valence-corrected chi connectivity index (χ3v) is 4.05. The fourth-order valence-corrected chi connectivity index (χ4v) is 3.22. The Morgan fingerprint density at radius 2 is 1.18 bits per heavy atom. The average Bonchev–Trinajstić information content (AvgIpc) is 2.43. The van der Waals surface area contributed by atoms with Gasteiger partial charge in [-0.1, -0.05) is 19.8 Å². The quantitative estimate of drug-likeness (QED) is 0.551. The Kier molecular flexibility index (Phi) is 7.26. The number of carboxylic acid groups (broad SMARTS) is 3. The second-order valence-corrected chi connectivity index (χ2v) is 5.57. The Hall–Kier alpha value is -1.67. The molecule has 126 valence electrons. The van der Waals surface area contributed by atoms with Gasteiger partial charge in [0.2, 0.25) is 0 Å². The van der Waals surface area contributed by atoms with Gasteiger partial charge in [-0.25, -0.2) is 0 Å². The normalized spacial score (nSPS) is 22.0. The summed E-state index contributed by atoms with van der Waals surface area (Å²) in [5.41, 5.74) is 0. The van der Waals surface area contributed by atoms with Crippen LogP contribution in [0.5, 0.6) is 0 Å². The number of carboxylic acids is 3. The van der Waals surface area contributed by atoms with Crippen LogP contribution in [0.2, 0.25) is 0 Å². The summed E-state index contributed by atoms with van der Waals surface area (Å²) in [6.07, 6.45) is 3.26. The molecule has 8 heteroatoms. The molecule has 0 aliphatic heterocycles. The van der Waals surface area contributed by atoms with Crippen LogP contribution in [0.3, 0.4) is 0 Å². The van der Waals surface area contributed by atoms with Crippen LogP contribution in [-0.2, 0) is 14.4 Å². The van der Waals surface area contributed by atoms with Crippen molar-refractivity contribution in [1.29, 1.82) is 0 Å². The summed E-state index contributed by atoms with van der Waals surface area (Å²) in [6, 6.07) is -0.381. The molecule has 3 N–H and O–H groups in total. The fraction of sp³-hybridized carbons (Fsp3) is 0.786. The molecular weight excluding hydrogens is 292 g/mol. The molecule has 0 spiro atoms. The van der Waals surface area contributed by atoms with Crippen LogP contribution >= 0.6 is 0 Å². The Labute approximate surface area is 129 Å². The molecule has 8 nitrogen and oxygen atoms in total. The summed E-state index contributed by atoms with van der Waals surface area (Å²) < 4.78 is 0. The Balaban J connectivity index is 2.93. The van der Waals surface area contributed by atoms with E-state index >= 15 is 0 Å². The highest BCUT2D eigenvalue weighted by atomic mass is 16.4. The van der Waals surface area contributed by atoms with Gasteiger partial charge in [0.25, 0.3) is 0 Å². The van der Waals surface area contributed by atoms with Crippen LogP contribution in [0.1, 0.15) is 32.6 Å². The molecule has 0 saturated heterocycles. The maximum Gasteiger partial charge on any atom is 0.317 e. The Morgan fingerprint density at radius 3 is 1.55 bits per heavy atom. The lowest BCUT2D eigenvalue weighted by Gasteiger charge is -2.43. The van der Waals surface area contributed by atoms with Gasteiger partial charge >= 0.3 is 17.9 Å². The van der Waals surface area contributed by atoms with Crippen LogP contribution < -0.4 is 0 Å². The van der Waals surface area contributed by atoms with E-state index in [-0.39, 0.29) is 31.7 Å². The van der Waals surface area contributed by atoms with Gasteiger partial charge in [-0.2, -0.15) is 0 Å². The van der Waals surface area contributed by atoms with E-state index in [0.29, 0.717) is 13.0 Å². The first-order valence-corrected chi connectivity index (χ1v) is 7.48. The van der Waals surface area contributed by atoms with Crippen LogP contribution in [-0.4, -0.2) is 81.3 Å². The molecule has 0 aromatic rings. The van der Waals surface area contributed by atoms with E-state index in [1.54, 1.807) is 4.90 Å². The first-order valence-electron chi connectivity index (χ1n) is 7.48. The molecule has 1 saturated carbocycles. The number of hydrogen-bond acceptors (Lipinski definition) is 5. The minimum Gasteiger partial charge on any atom is -0.480 e. The summed E-state index contributed by atoms with van der Waals surface area (Å²) in [4.78, 5) is 36.3. The van der Waals surface area contributed by atoms with Crippen molar-refractivity contribution in [2.45, 2.75) is 44.7 Å². The van der Waals surface area contributed by atoms with E-state index < -0.39 is 17.9 Å². The van der Waals surface area contributed by atoms with Gasteiger partial charge in [-0.15, -0.1) is 0 Å². The predicted octanol–water partition coefficient (Wildman–Crippen LogP) is 0.175. The number of carbonyl (C=O) groups is 3. The summed E-state index contributed by atoms with van der Waals surface area (Å²) in [5.74, 6) is -3.09. The van der Waals surface area contributed by atoms with Crippen LogP contribution in [0.15, 0.2) is 0 Å². The van der Waals surface area contributed by atoms with Crippen molar-refractivity contribution in [2.24, 2.45) is 0 Å². The van der Waals surface area contributed by atoms with Gasteiger partial charge in [0.15, 0.2) is 0 Å². The van der Waals surface area contributed by atoms with Gasteiger partial charge in [-0.3, -0.25) is 24.2 Å². The molecule has 0 aromatic carbocycles. The summed E-state index contributed by atoms with van der Waals surface area (Å²) in [7, 11) is 0. The Morgan fingerprint density at radius 1 is 0.818 bits per heavy atom. The molecule has 0 radical (unpaired) electrons. The van der Waals surface area contributed by atoms with Gasteiger partial charge in [0, 0.05) is 12.1 Å². The number of hydrogen-bond donors (Lipinski definition) is 3. The smallest absolute Gasteiger partial charge is 0.317 e. The maximum absolute atomic E-state index is 11.0. The number of nitrogens with zero attached hydrogens (tertiary/aromatic N) is 2. The molecule has 0 amide bonds. The monoisotopic (exact) mass is 316 g/mol. The lowest BCUT2D eigenvalue weighted by Crippen LogP contribution is -2.56. The van der Waals surface area contributed by atoms with E-state index in [9.17, 15) is 14.4 Å². The van der Waals surface area contributed by atoms with Crippen molar-refractivity contribution in [3.05, 3.63) is 0 Å². The highest BCUT2D eigenvalue weighted by Crippen LogP contribution is 2.27. The third kappa shape index (κ3) is 5.61. The van der Waals surface area contributed by atoms with E-state index in [0.717, 1.165) is 19.3 Å². The zero-order chi connectivity index (χ0) is 16.7. The largest absolute Gasteiger partial charge is 0.480 e. The van der Waals surface area contributed by atoms with Crippen molar-refractivity contribution in [3.63, 3.8) is 0 Å². The number of aliphatic carboxylic acids is 3. The van der Waals surface area contributed by atoms with Crippen LogP contribution in [0.25, 0.3) is 0 Å². The fourth-order valence-electron chi connectivity index (χ4n) is 3.22. The summed E-state index contributed by atoms with van der Waals surface area (Å²) >= 11 is 0. The van der Waals surface area contributed by atoms with Gasteiger partial charge in [0.05, 0.1) is 19.6 Å². The van der Waals surface area contributed by atoms with E-state index in [4.69, 9.17) is 15.3 Å². The first kappa shape index (κ1) is 18.4. The lowest BCUT2D eigenvalue weighted by atomic mass is 9.87. The van der Waals surface area contributed by atoms with E-state index in [1.807, 2.05) is 6.92 Å². The van der Waals surface area contributed by atoms with E-state index in [2.05, 4.69) is 0 Å². The summed E-state index contributed by atoms with van der Waals surface area (Å²) in [5, 5.41) is 27.0. The van der Waals surface area contributed by atoms with Gasteiger partial charge < -0.3 is 15.3 Å². The molecule has 1 aliphatic carbocycles. The molecule has 0 aromatic heterocycles. The number of likely N-dealkylation sites (N-methyl/N-ethyl adjacent to an activating group) is 1. The highest BCUT2D eigenvalue weighted by Gasteiger charge is 2.35. The van der Waals surface area contributed by atoms with Gasteiger partial charge in [-0.05, 0) is 19.4 Å². The lowest BCUT2D eigenvalue weighted by molar-refractivity contribution is -0.146. The second kappa shape index (κ2) is 8.70. The second-order valence-electron chi connectivity index (χ2n) is 5.57. The highest BCUT2D eigenvalue weighted by molar-refractivity contribution is 5.72. The van der Waals surface area contributed by atoms with Crippen LogP contribution in [0, 0.1) is 0 Å². The third-order valence-electron chi connectivity index (χ3n) is 4.05. The van der Waals surface area contributed by atoms with Crippen LogP contribution in [0.4, 0.5) is 0 Å². The predicted molar refractivity (Wildman–Crippen MR) is 77.8 cm³/mol. The average molecular weight is 316 g/mol. The van der Waals surface area contributed by atoms with Crippen molar-refractivity contribution < 1.29 is 29.7 Å². The summed E-state index contributed by atoms with van der Waals surface area (Å²) in [6.45, 7) is 1.57. The molecule has 1 fully saturated rings. The molecule has 1 aliphatic rings. The SMILES string of the molecule is CCN(CC(=O)O)C1CCCCC1N(CC(=O)O)CC(=O)O.